The van der Waals surface area contributed by atoms with Crippen LogP contribution in [0.5, 0.6) is 23.0 Å². The minimum Gasteiger partial charge on any atom is -0.507 e. The largest absolute Gasteiger partial charge is 0.507 e. The van der Waals surface area contributed by atoms with Gasteiger partial charge >= 0.3 is 0 Å². The molecule has 0 saturated carbocycles. The first-order valence-electron chi connectivity index (χ1n) is 20.5. The van der Waals surface area contributed by atoms with E-state index in [4.69, 9.17) is 0 Å². The van der Waals surface area contributed by atoms with E-state index in [0.717, 1.165) is 114 Å². The molecule has 1 aliphatic heterocycles. The summed E-state index contributed by atoms with van der Waals surface area (Å²) in [6, 6.07) is 29.0. The van der Waals surface area contributed by atoms with Crippen LogP contribution >= 0.6 is 0 Å². The first-order valence-corrected chi connectivity index (χ1v) is 20.5. The van der Waals surface area contributed by atoms with Crippen molar-refractivity contribution in [3.05, 3.63) is 119 Å². The maximum absolute atomic E-state index is 10.2. The van der Waals surface area contributed by atoms with Gasteiger partial charge in [0.1, 0.15) is 23.0 Å². The van der Waals surface area contributed by atoms with Crippen LogP contribution in [-0.4, -0.2) is 170 Å². The van der Waals surface area contributed by atoms with Crippen molar-refractivity contribution in [2.75, 3.05) is 105 Å². The number of phenols is 4. The molecule has 4 aromatic rings. The summed E-state index contributed by atoms with van der Waals surface area (Å²) in [4.78, 5) is 28.7. The highest BCUT2D eigenvalue weighted by molar-refractivity contribution is 5.84. The predicted molar refractivity (Wildman–Crippen MR) is 237 cm³/mol. The second kappa shape index (κ2) is 25.1. The maximum Gasteiger partial charge on any atom is 0.124 e. The molecule has 4 aromatic carbocycles. The zero-order valence-corrected chi connectivity index (χ0v) is 33.6. The smallest absolute Gasteiger partial charge is 0.124 e. The summed E-state index contributed by atoms with van der Waals surface area (Å²) < 4.78 is 0. The first kappa shape index (κ1) is 43.7. The van der Waals surface area contributed by atoms with E-state index < -0.39 is 0 Å². The molecule has 1 heterocycles. The fourth-order valence-corrected chi connectivity index (χ4v) is 6.78. The highest BCUT2D eigenvalue weighted by atomic mass is 16.3. The number of aliphatic imine (C=N–C) groups is 4. The highest BCUT2D eigenvalue weighted by Crippen LogP contribution is 2.15. The van der Waals surface area contributed by atoms with Gasteiger partial charge < -0.3 is 40.0 Å². The Morgan fingerprint density at radius 3 is 0.793 bits per heavy atom. The Kier molecular flexibility index (Phi) is 18.9. The Hall–Kier alpha value is -5.40. The molecule has 1 saturated heterocycles. The molecule has 1 fully saturated rings. The van der Waals surface area contributed by atoms with Crippen LogP contribution in [0.2, 0.25) is 0 Å². The number of phenolic OH excluding ortho intramolecular Hbond substituents is 4. The van der Waals surface area contributed by atoms with Crippen LogP contribution in [0.15, 0.2) is 117 Å². The molecule has 0 amide bonds. The average Bonchev–Trinajstić information content (AvgIpc) is 3.23. The lowest BCUT2D eigenvalue weighted by Crippen LogP contribution is -2.43. The van der Waals surface area contributed by atoms with Gasteiger partial charge in [-0.2, -0.15) is 0 Å². The molecule has 4 N–H and O–H groups in total. The van der Waals surface area contributed by atoms with E-state index in [1.165, 1.54) is 0 Å². The van der Waals surface area contributed by atoms with Crippen LogP contribution in [0.1, 0.15) is 35.1 Å². The van der Waals surface area contributed by atoms with Gasteiger partial charge in [-0.3, -0.25) is 20.0 Å². The number of hydrogen-bond donors (Lipinski definition) is 4. The molecule has 12 nitrogen and oxygen atoms in total. The van der Waals surface area contributed by atoms with E-state index in [1.807, 2.05) is 72.8 Å². The van der Waals surface area contributed by atoms with Gasteiger partial charge in [0, 0.05) is 99.5 Å². The van der Waals surface area contributed by atoms with E-state index >= 15 is 0 Å². The number of nitrogens with zero attached hydrogens (tertiary/aromatic N) is 8. The number of hydrogen-bond acceptors (Lipinski definition) is 12. The summed E-state index contributed by atoms with van der Waals surface area (Å²) in [5.74, 6) is 0.923. The zero-order chi connectivity index (χ0) is 40.6. The molecule has 308 valence electrons. The van der Waals surface area contributed by atoms with Crippen LogP contribution in [0.25, 0.3) is 0 Å². The van der Waals surface area contributed by atoms with E-state index in [9.17, 15) is 20.4 Å². The fourth-order valence-electron chi connectivity index (χ4n) is 6.78. The molecule has 0 radical (unpaired) electrons. The minimum absolute atomic E-state index is 0.231. The van der Waals surface area contributed by atoms with Gasteiger partial charge in [-0.1, -0.05) is 48.5 Å². The Labute approximate surface area is 343 Å². The lowest BCUT2D eigenvalue weighted by Gasteiger charge is -2.31. The third kappa shape index (κ3) is 15.9. The van der Waals surface area contributed by atoms with Gasteiger partial charge in [0.25, 0.3) is 0 Å². The molecular weight excluding hydrogens is 729 g/mol. The van der Waals surface area contributed by atoms with Gasteiger partial charge in [0.05, 0.1) is 26.2 Å². The average molecular weight is 789 g/mol. The number of benzene rings is 4. The lowest BCUT2D eigenvalue weighted by atomic mass is 10.2. The van der Waals surface area contributed by atoms with Crippen LogP contribution < -0.4 is 0 Å². The van der Waals surface area contributed by atoms with Crippen molar-refractivity contribution in [1.29, 1.82) is 0 Å². The highest BCUT2D eigenvalue weighted by Gasteiger charge is 2.15. The molecule has 0 aliphatic carbocycles. The topological polar surface area (TPSA) is 143 Å². The third-order valence-corrected chi connectivity index (χ3v) is 10.2. The summed E-state index contributed by atoms with van der Waals surface area (Å²) in [5, 5.41) is 40.8. The third-order valence-electron chi connectivity index (χ3n) is 10.2. The van der Waals surface area contributed by atoms with E-state index in [1.54, 1.807) is 49.1 Å². The Balaban J connectivity index is 1.25. The summed E-state index contributed by atoms with van der Waals surface area (Å²) >= 11 is 0. The van der Waals surface area contributed by atoms with Crippen molar-refractivity contribution in [2.24, 2.45) is 20.0 Å². The van der Waals surface area contributed by atoms with E-state index in [0.29, 0.717) is 26.2 Å². The van der Waals surface area contributed by atoms with E-state index in [-0.39, 0.29) is 23.0 Å². The summed E-state index contributed by atoms with van der Waals surface area (Å²) in [5.41, 5.74) is 2.87. The molecule has 0 bridgehead atoms. The van der Waals surface area contributed by atoms with Crippen molar-refractivity contribution in [3.63, 3.8) is 0 Å². The van der Waals surface area contributed by atoms with Gasteiger partial charge in [0.15, 0.2) is 0 Å². The number of aromatic hydroxyl groups is 4. The predicted octanol–water partition coefficient (Wildman–Crippen LogP) is 5.29. The molecular formula is C46H60N8O4. The second-order valence-electron chi connectivity index (χ2n) is 14.5. The van der Waals surface area contributed by atoms with Crippen LogP contribution in [0.4, 0.5) is 0 Å². The normalized spacial score (nSPS) is 16.6. The molecule has 0 aromatic heterocycles. The van der Waals surface area contributed by atoms with Crippen molar-refractivity contribution >= 4 is 24.9 Å². The SMILES string of the molecule is Oc1ccccc1C=NCCN1CCCN(CCN=Cc2ccccc2O)CCN(CCN=Cc2ccccc2O)CCCN(CCN=Cc2ccccc2O)CC1. The monoisotopic (exact) mass is 788 g/mol. The Morgan fingerprint density at radius 2 is 0.569 bits per heavy atom. The Morgan fingerprint density at radius 1 is 0.345 bits per heavy atom. The van der Waals surface area contributed by atoms with Crippen molar-refractivity contribution < 1.29 is 20.4 Å². The number of rotatable bonds is 16. The summed E-state index contributed by atoms with van der Waals surface area (Å²) in [6.45, 7) is 13.0. The zero-order valence-electron chi connectivity index (χ0n) is 33.6. The molecule has 12 heteroatoms. The quantitative estimate of drug-likeness (QED) is 0.112. The molecule has 58 heavy (non-hydrogen) atoms. The van der Waals surface area contributed by atoms with Crippen molar-refractivity contribution in [1.82, 2.24) is 19.6 Å². The molecule has 0 atom stereocenters. The molecule has 1 aliphatic rings. The van der Waals surface area contributed by atoms with Gasteiger partial charge in [-0.25, -0.2) is 0 Å². The first-order chi connectivity index (χ1) is 28.4. The van der Waals surface area contributed by atoms with Crippen molar-refractivity contribution in [2.45, 2.75) is 12.8 Å². The lowest BCUT2D eigenvalue weighted by molar-refractivity contribution is 0.164. The molecule has 0 unspecified atom stereocenters. The van der Waals surface area contributed by atoms with E-state index in [2.05, 4.69) is 39.6 Å². The minimum atomic E-state index is 0.231. The van der Waals surface area contributed by atoms with Crippen LogP contribution in [0.3, 0.4) is 0 Å². The summed E-state index contributed by atoms with van der Waals surface area (Å²) in [6.07, 6.45) is 9.01. The van der Waals surface area contributed by atoms with Crippen LogP contribution in [-0.2, 0) is 0 Å². The van der Waals surface area contributed by atoms with Crippen LogP contribution in [0, 0.1) is 0 Å². The standard InChI is InChI=1S/C46H60N8O4/c55-43-15-5-1-11-39(43)35-47-19-27-51-23-9-24-53(29-21-49-37-41-13-3-7-17-45(41)57)33-34-54(30-22-50-38-42-14-4-8-18-46(42)58)26-10-25-52(32-31-51)28-20-48-36-40-12-2-6-16-44(40)56/h1-8,11-18,35-38,55-58H,9-10,19-34H2. The molecule has 5 rings (SSSR count). The van der Waals surface area contributed by atoms with Crippen molar-refractivity contribution in [3.8, 4) is 23.0 Å². The van der Waals surface area contributed by atoms with Gasteiger partial charge in [0.2, 0.25) is 0 Å². The molecule has 0 spiro atoms. The maximum atomic E-state index is 10.2. The summed E-state index contributed by atoms with van der Waals surface area (Å²) in [7, 11) is 0. The Bertz CT molecular complexity index is 1650. The number of para-hydroxylation sites is 4. The fraction of sp³-hybridized carbons (Fsp3) is 0.391. The van der Waals surface area contributed by atoms with Gasteiger partial charge in [-0.15, -0.1) is 0 Å². The van der Waals surface area contributed by atoms with Gasteiger partial charge in [-0.05, 0) is 87.6 Å². The second-order valence-corrected chi connectivity index (χ2v) is 14.5.